The third-order valence-corrected chi connectivity index (χ3v) is 3.03. The van der Waals surface area contributed by atoms with Crippen LogP contribution in [0.15, 0.2) is 12.7 Å². The molecule has 1 aromatic rings. The maximum Gasteiger partial charge on any atom is 0.119 e. The summed E-state index contributed by atoms with van der Waals surface area (Å²) in [5.74, 6) is 0. The molecule has 1 saturated heterocycles. The van der Waals surface area contributed by atoms with Crippen LogP contribution in [0.25, 0.3) is 0 Å². The summed E-state index contributed by atoms with van der Waals surface area (Å²) >= 11 is 0. The summed E-state index contributed by atoms with van der Waals surface area (Å²) in [6.45, 7) is 9.02. The molecule has 2 rings (SSSR count). The molecule has 0 amide bonds. The summed E-state index contributed by atoms with van der Waals surface area (Å²) in [6, 6.07) is 0.506. The van der Waals surface area contributed by atoms with Gasteiger partial charge in [-0.25, -0.2) is 0 Å². The van der Waals surface area contributed by atoms with Crippen molar-refractivity contribution in [2.24, 2.45) is 0 Å². The highest BCUT2D eigenvalue weighted by Crippen LogP contribution is 2.35. The monoisotopic (exact) mass is 208 g/mol. The predicted molar refractivity (Wildman–Crippen MR) is 59.6 cm³/mol. The zero-order chi connectivity index (χ0) is 11.1. The number of nitrogens with one attached hydrogen (secondary N) is 1. The fourth-order valence-electron chi connectivity index (χ4n) is 2.88. The first-order valence-corrected chi connectivity index (χ1v) is 5.51. The topological polar surface area (TPSA) is 42.7 Å². The van der Waals surface area contributed by atoms with E-state index in [0.29, 0.717) is 6.04 Å². The molecule has 1 aromatic heterocycles. The molecule has 2 heterocycles. The van der Waals surface area contributed by atoms with Crippen molar-refractivity contribution in [3.63, 3.8) is 0 Å². The molecule has 4 nitrogen and oxygen atoms in total. The lowest BCUT2D eigenvalue weighted by Crippen LogP contribution is -2.57. The molecule has 0 bridgehead atoms. The fourth-order valence-corrected chi connectivity index (χ4v) is 2.88. The van der Waals surface area contributed by atoms with Crippen LogP contribution < -0.4 is 5.32 Å². The highest BCUT2D eigenvalue weighted by atomic mass is 15.2. The number of hydrogen-bond acceptors (Lipinski definition) is 3. The van der Waals surface area contributed by atoms with Crippen molar-refractivity contribution in [3.05, 3.63) is 12.7 Å². The van der Waals surface area contributed by atoms with Crippen molar-refractivity contribution >= 4 is 0 Å². The van der Waals surface area contributed by atoms with Gasteiger partial charge in [-0.05, 0) is 40.5 Å². The Bertz CT molecular complexity index is 310. The first-order chi connectivity index (χ1) is 6.88. The minimum atomic E-state index is 0.177. The molecule has 0 aromatic carbocycles. The Morgan fingerprint density at radius 2 is 1.53 bits per heavy atom. The Hall–Kier alpha value is -0.900. The first kappa shape index (κ1) is 10.6. The van der Waals surface area contributed by atoms with Gasteiger partial charge in [0, 0.05) is 17.1 Å². The van der Waals surface area contributed by atoms with Gasteiger partial charge in [0.15, 0.2) is 0 Å². The summed E-state index contributed by atoms with van der Waals surface area (Å²) in [7, 11) is 0. The van der Waals surface area contributed by atoms with E-state index in [9.17, 15) is 0 Å². The highest BCUT2D eigenvalue weighted by molar-refractivity contribution is 4.99. The minimum absolute atomic E-state index is 0.177. The molecule has 1 fully saturated rings. The molecule has 0 unspecified atom stereocenters. The van der Waals surface area contributed by atoms with Crippen LogP contribution in [-0.2, 0) is 0 Å². The summed E-state index contributed by atoms with van der Waals surface area (Å²) in [4.78, 5) is 0. The van der Waals surface area contributed by atoms with Crippen LogP contribution in [0.5, 0.6) is 0 Å². The van der Waals surface area contributed by atoms with E-state index < -0.39 is 0 Å². The minimum Gasteiger partial charge on any atom is -0.317 e. The fraction of sp³-hybridized carbons (Fsp3) is 0.818. The van der Waals surface area contributed by atoms with Gasteiger partial charge in [0.25, 0.3) is 0 Å². The van der Waals surface area contributed by atoms with Crippen LogP contribution in [0.4, 0.5) is 0 Å². The number of nitrogens with zero attached hydrogens (tertiary/aromatic N) is 3. The molecular weight excluding hydrogens is 188 g/mol. The van der Waals surface area contributed by atoms with Gasteiger partial charge in [-0.15, -0.1) is 10.2 Å². The molecule has 0 saturated carbocycles. The number of piperidine rings is 1. The van der Waals surface area contributed by atoms with Gasteiger partial charge in [-0.2, -0.15) is 0 Å². The zero-order valence-electron chi connectivity index (χ0n) is 9.99. The van der Waals surface area contributed by atoms with E-state index in [0.717, 1.165) is 12.8 Å². The molecule has 15 heavy (non-hydrogen) atoms. The summed E-state index contributed by atoms with van der Waals surface area (Å²) in [5.41, 5.74) is 0.355. The molecule has 1 aliphatic heterocycles. The second kappa shape index (κ2) is 3.30. The SMILES string of the molecule is CC1(C)CC(n2cnnc2)CC(C)(C)N1. The lowest BCUT2D eigenvalue weighted by molar-refractivity contribution is 0.132. The number of hydrogen-bond donors (Lipinski definition) is 1. The third kappa shape index (κ3) is 2.37. The van der Waals surface area contributed by atoms with E-state index in [1.54, 1.807) is 0 Å². The molecule has 0 spiro atoms. The Morgan fingerprint density at radius 3 is 2.00 bits per heavy atom. The molecule has 1 aliphatic rings. The van der Waals surface area contributed by atoms with Gasteiger partial charge in [0.1, 0.15) is 12.7 Å². The molecule has 1 N–H and O–H groups in total. The second-order valence-electron chi connectivity index (χ2n) is 5.86. The number of aromatic nitrogens is 3. The van der Waals surface area contributed by atoms with Gasteiger partial charge < -0.3 is 9.88 Å². The van der Waals surface area contributed by atoms with Crippen LogP contribution in [0, 0.1) is 0 Å². The second-order valence-corrected chi connectivity index (χ2v) is 5.86. The maximum absolute atomic E-state index is 3.89. The Kier molecular flexibility index (Phi) is 2.34. The van der Waals surface area contributed by atoms with Gasteiger partial charge in [-0.3, -0.25) is 0 Å². The standard InChI is InChI=1S/C11H20N4/c1-10(2)5-9(6-11(3,4)14-10)15-7-12-13-8-15/h7-9,14H,5-6H2,1-4H3. The van der Waals surface area contributed by atoms with Gasteiger partial charge in [0.05, 0.1) is 0 Å². The van der Waals surface area contributed by atoms with Gasteiger partial charge >= 0.3 is 0 Å². The molecule has 0 radical (unpaired) electrons. The average Bonchev–Trinajstić information content (AvgIpc) is 2.48. The molecule has 4 heteroatoms. The van der Waals surface area contributed by atoms with Crippen LogP contribution >= 0.6 is 0 Å². The summed E-state index contributed by atoms with van der Waals surface area (Å²) in [5, 5.41) is 11.4. The summed E-state index contributed by atoms with van der Waals surface area (Å²) < 4.78 is 2.13. The van der Waals surface area contributed by atoms with E-state index in [-0.39, 0.29) is 11.1 Å². The van der Waals surface area contributed by atoms with Crippen molar-refractivity contribution in [3.8, 4) is 0 Å². The first-order valence-electron chi connectivity index (χ1n) is 5.51. The average molecular weight is 208 g/mol. The van der Waals surface area contributed by atoms with E-state index in [1.165, 1.54) is 0 Å². The molecular formula is C11H20N4. The van der Waals surface area contributed by atoms with Gasteiger partial charge in [0.2, 0.25) is 0 Å². The predicted octanol–water partition coefficient (Wildman–Crippen LogP) is 1.76. The van der Waals surface area contributed by atoms with E-state index in [4.69, 9.17) is 0 Å². The number of rotatable bonds is 1. The van der Waals surface area contributed by atoms with Crippen LogP contribution in [-0.4, -0.2) is 25.8 Å². The van der Waals surface area contributed by atoms with Crippen molar-refractivity contribution in [1.29, 1.82) is 0 Å². The lowest BCUT2D eigenvalue weighted by atomic mass is 9.79. The van der Waals surface area contributed by atoms with Crippen LogP contribution in [0.3, 0.4) is 0 Å². The van der Waals surface area contributed by atoms with Crippen LogP contribution in [0.1, 0.15) is 46.6 Å². The molecule has 0 aliphatic carbocycles. The van der Waals surface area contributed by atoms with Crippen LogP contribution in [0.2, 0.25) is 0 Å². The van der Waals surface area contributed by atoms with E-state index in [1.807, 2.05) is 12.7 Å². The van der Waals surface area contributed by atoms with Crippen molar-refractivity contribution < 1.29 is 0 Å². The van der Waals surface area contributed by atoms with Crippen molar-refractivity contribution in [2.45, 2.75) is 57.7 Å². The van der Waals surface area contributed by atoms with Gasteiger partial charge in [-0.1, -0.05) is 0 Å². The maximum atomic E-state index is 3.89. The highest BCUT2D eigenvalue weighted by Gasteiger charge is 2.38. The Balaban J connectivity index is 2.21. The van der Waals surface area contributed by atoms with E-state index >= 15 is 0 Å². The summed E-state index contributed by atoms with van der Waals surface area (Å²) in [6.07, 6.45) is 5.88. The Labute approximate surface area is 91.1 Å². The zero-order valence-corrected chi connectivity index (χ0v) is 9.99. The molecule has 84 valence electrons. The molecule has 0 atom stereocenters. The quantitative estimate of drug-likeness (QED) is 0.764. The largest absolute Gasteiger partial charge is 0.317 e. The third-order valence-electron chi connectivity index (χ3n) is 3.03. The normalized spacial score (nSPS) is 25.3. The van der Waals surface area contributed by atoms with E-state index in [2.05, 4.69) is 47.8 Å². The Morgan fingerprint density at radius 1 is 1.07 bits per heavy atom. The van der Waals surface area contributed by atoms with Crippen molar-refractivity contribution in [1.82, 2.24) is 20.1 Å². The van der Waals surface area contributed by atoms with Crippen molar-refractivity contribution in [2.75, 3.05) is 0 Å². The smallest absolute Gasteiger partial charge is 0.119 e. The lowest BCUT2D eigenvalue weighted by Gasteiger charge is -2.46.